The fourth-order valence-electron chi connectivity index (χ4n) is 1.65. The van der Waals surface area contributed by atoms with E-state index in [1.165, 1.54) is 4.90 Å². The summed E-state index contributed by atoms with van der Waals surface area (Å²) in [5.74, 6) is 0.510. The molecule has 0 spiro atoms. The number of amides is 2. The van der Waals surface area contributed by atoms with Crippen molar-refractivity contribution in [2.45, 2.75) is 20.3 Å². The summed E-state index contributed by atoms with van der Waals surface area (Å²) < 4.78 is 5.04. The van der Waals surface area contributed by atoms with Crippen molar-refractivity contribution in [1.29, 1.82) is 0 Å². The number of hydrogen-bond acceptors (Lipinski definition) is 3. The van der Waals surface area contributed by atoms with Gasteiger partial charge in [-0.25, -0.2) is 0 Å². The highest BCUT2D eigenvalue weighted by Crippen LogP contribution is 2.14. The van der Waals surface area contributed by atoms with E-state index in [-0.39, 0.29) is 18.4 Å². The van der Waals surface area contributed by atoms with Crippen LogP contribution < -0.4 is 10.1 Å². The Kier molecular flexibility index (Phi) is 5.85. The highest BCUT2D eigenvalue weighted by Gasteiger charge is 2.13. The quantitative estimate of drug-likeness (QED) is 0.853. The lowest BCUT2D eigenvalue weighted by molar-refractivity contribution is -0.134. The molecule has 1 rings (SSSR count). The minimum absolute atomic E-state index is 0.0209. The number of ether oxygens (including phenoxy) is 1. The average molecular weight is 264 g/mol. The fraction of sp³-hybridized carbons (Fsp3) is 0.429. The standard InChI is InChI=1S/C14H20N2O3/c1-4-14(18)16(5-2)10-13(17)15-11-6-8-12(19-3)9-7-11/h6-9H,4-5,10H2,1-3H3,(H,15,17). The second kappa shape index (κ2) is 7.41. The summed E-state index contributed by atoms with van der Waals surface area (Å²) in [6.07, 6.45) is 0.406. The molecule has 0 heterocycles. The third kappa shape index (κ3) is 4.62. The van der Waals surface area contributed by atoms with Crippen molar-refractivity contribution >= 4 is 17.5 Å². The molecule has 1 aromatic carbocycles. The summed E-state index contributed by atoms with van der Waals surface area (Å²) in [5, 5.41) is 2.75. The molecular formula is C14H20N2O3. The Morgan fingerprint density at radius 2 is 1.84 bits per heavy atom. The molecule has 19 heavy (non-hydrogen) atoms. The SMILES string of the molecule is CCC(=O)N(CC)CC(=O)Nc1ccc(OC)cc1. The normalized spacial score (nSPS) is 9.84. The number of nitrogens with zero attached hydrogens (tertiary/aromatic N) is 1. The van der Waals surface area contributed by atoms with Gasteiger partial charge in [0, 0.05) is 18.7 Å². The molecule has 0 saturated carbocycles. The molecule has 1 N–H and O–H groups in total. The smallest absolute Gasteiger partial charge is 0.243 e. The number of anilines is 1. The third-order valence-corrected chi connectivity index (χ3v) is 2.75. The maximum atomic E-state index is 11.8. The Hall–Kier alpha value is -2.04. The van der Waals surface area contributed by atoms with E-state index < -0.39 is 0 Å². The van der Waals surface area contributed by atoms with Crippen LogP contribution in [-0.2, 0) is 9.59 Å². The first-order chi connectivity index (χ1) is 9.10. The minimum atomic E-state index is -0.200. The maximum absolute atomic E-state index is 11.8. The number of likely N-dealkylation sites (N-methyl/N-ethyl adjacent to an activating group) is 1. The van der Waals surface area contributed by atoms with Crippen LogP contribution in [0.3, 0.4) is 0 Å². The van der Waals surface area contributed by atoms with Crippen LogP contribution in [0.25, 0.3) is 0 Å². The van der Waals surface area contributed by atoms with E-state index >= 15 is 0 Å². The molecule has 1 aromatic rings. The van der Waals surface area contributed by atoms with Crippen molar-refractivity contribution in [3.8, 4) is 5.75 Å². The van der Waals surface area contributed by atoms with Crippen molar-refractivity contribution in [1.82, 2.24) is 4.90 Å². The topological polar surface area (TPSA) is 58.6 Å². The molecule has 0 unspecified atom stereocenters. The Morgan fingerprint density at radius 1 is 1.21 bits per heavy atom. The Bertz CT molecular complexity index is 429. The molecule has 0 radical (unpaired) electrons. The van der Waals surface area contributed by atoms with Crippen LogP contribution in [0.4, 0.5) is 5.69 Å². The predicted molar refractivity (Wildman–Crippen MR) is 74.2 cm³/mol. The lowest BCUT2D eigenvalue weighted by Crippen LogP contribution is -2.37. The van der Waals surface area contributed by atoms with E-state index in [2.05, 4.69) is 5.32 Å². The van der Waals surface area contributed by atoms with Crippen LogP contribution in [-0.4, -0.2) is 36.9 Å². The van der Waals surface area contributed by atoms with Gasteiger partial charge in [0.25, 0.3) is 0 Å². The molecule has 0 aromatic heterocycles. The van der Waals surface area contributed by atoms with Gasteiger partial charge in [0.2, 0.25) is 11.8 Å². The Labute approximate surface area is 113 Å². The van der Waals surface area contributed by atoms with Crippen molar-refractivity contribution in [2.24, 2.45) is 0 Å². The van der Waals surface area contributed by atoms with Gasteiger partial charge in [-0.15, -0.1) is 0 Å². The van der Waals surface area contributed by atoms with Gasteiger partial charge in [-0.1, -0.05) is 6.92 Å². The van der Waals surface area contributed by atoms with Crippen LogP contribution in [0.5, 0.6) is 5.75 Å². The summed E-state index contributed by atoms with van der Waals surface area (Å²) in [5.41, 5.74) is 0.686. The zero-order chi connectivity index (χ0) is 14.3. The fourth-order valence-corrected chi connectivity index (χ4v) is 1.65. The molecule has 0 aliphatic heterocycles. The van der Waals surface area contributed by atoms with E-state index in [0.29, 0.717) is 18.7 Å². The zero-order valence-corrected chi connectivity index (χ0v) is 11.6. The van der Waals surface area contributed by atoms with Gasteiger partial charge in [-0.2, -0.15) is 0 Å². The predicted octanol–water partition coefficient (Wildman–Crippen LogP) is 1.89. The highest BCUT2D eigenvalue weighted by atomic mass is 16.5. The molecule has 2 amide bonds. The Balaban J connectivity index is 2.56. The van der Waals surface area contributed by atoms with Gasteiger partial charge in [0.15, 0.2) is 0 Å². The van der Waals surface area contributed by atoms with Gasteiger partial charge in [0.05, 0.1) is 13.7 Å². The number of rotatable bonds is 6. The van der Waals surface area contributed by atoms with Gasteiger partial charge >= 0.3 is 0 Å². The van der Waals surface area contributed by atoms with Gasteiger partial charge < -0.3 is 15.0 Å². The summed E-state index contributed by atoms with van der Waals surface area (Å²) >= 11 is 0. The molecule has 0 saturated heterocycles. The van der Waals surface area contributed by atoms with Crippen LogP contribution in [0.15, 0.2) is 24.3 Å². The number of carbonyl (C=O) groups excluding carboxylic acids is 2. The van der Waals surface area contributed by atoms with E-state index in [1.807, 2.05) is 6.92 Å². The molecule has 0 bridgehead atoms. The first-order valence-corrected chi connectivity index (χ1v) is 6.32. The lowest BCUT2D eigenvalue weighted by Gasteiger charge is -2.19. The third-order valence-electron chi connectivity index (χ3n) is 2.75. The molecule has 0 aliphatic carbocycles. The molecule has 5 nitrogen and oxygen atoms in total. The van der Waals surface area contributed by atoms with E-state index in [9.17, 15) is 9.59 Å². The van der Waals surface area contributed by atoms with Crippen molar-refractivity contribution in [3.63, 3.8) is 0 Å². The zero-order valence-electron chi connectivity index (χ0n) is 11.6. The molecular weight excluding hydrogens is 244 g/mol. The second-order valence-electron chi connectivity index (χ2n) is 4.04. The number of hydrogen-bond donors (Lipinski definition) is 1. The number of carbonyl (C=O) groups is 2. The van der Waals surface area contributed by atoms with E-state index in [4.69, 9.17) is 4.74 Å². The first kappa shape index (κ1) is 15.0. The highest BCUT2D eigenvalue weighted by molar-refractivity contribution is 5.94. The lowest BCUT2D eigenvalue weighted by atomic mass is 10.3. The van der Waals surface area contributed by atoms with Crippen molar-refractivity contribution in [3.05, 3.63) is 24.3 Å². The summed E-state index contributed by atoms with van der Waals surface area (Å²) in [6, 6.07) is 7.05. The minimum Gasteiger partial charge on any atom is -0.497 e. The van der Waals surface area contributed by atoms with Crippen LogP contribution >= 0.6 is 0 Å². The molecule has 5 heteroatoms. The van der Waals surface area contributed by atoms with Crippen LogP contribution in [0, 0.1) is 0 Å². The van der Waals surface area contributed by atoms with Crippen LogP contribution in [0.2, 0.25) is 0 Å². The molecule has 104 valence electrons. The average Bonchev–Trinajstić information content (AvgIpc) is 2.44. The number of benzene rings is 1. The summed E-state index contributed by atoms with van der Waals surface area (Å²) in [7, 11) is 1.59. The Morgan fingerprint density at radius 3 is 2.32 bits per heavy atom. The van der Waals surface area contributed by atoms with Gasteiger partial charge in [0.1, 0.15) is 5.75 Å². The number of nitrogens with one attached hydrogen (secondary N) is 1. The molecule has 0 aliphatic rings. The molecule has 0 atom stereocenters. The largest absolute Gasteiger partial charge is 0.497 e. The maximum Gasteiger partial charge on any atom is 0.243 e. The van der Waals surface area contributed by atoms with E-state index in [0.717, 1.165) is 5.75 Å². The van der Waals surface area contributed by atoms with E-state index in [1.54, 1.807) is 38.3 Å². The number of methoxy groups -OCH3 is 1. The summed E-state index contributed by atoms with van der Waals surface area (Å²) in [6.45, 7) is 4.25. The first-order valence-electron chi connectivity index (χ1n) is 6.32. The van der Waals surface area contributed by atoms with Crippen LogP contribution in [0.1, 0.15) is 20.3 Å². The monoisotopic (exact) mass is 264 g/mol. The van der Waals surface area contributed by atoms with Crippen molar-refractivity contribution in [2.75, 3.05) is 25.5 Å². The van der Waals surface area contributed by atoms with Crippen molar-refractivity contribution < 1.29 is 14.3 Å². The van der Waals surface area contributed by atoms with Gasteiger partial charge in [-0.05, 0) is 31.2 Å². The summed E-state index contributed by atoms with van der Waals surface area (Å²) in [4.78, 5) is 24.9. The molecule has 0 fully saturated rings. The second-order valence-corrected chi connectivity index (χ2v) is 4.04. The van der Waals surface area contributed by atoms with Gasteiger partial charge in [-0.3, -0.25) is 9.59 Å².